The van der Waals surface area contributed by atoms with Crippen LogP contribution in [0.25, 0.3) is 0 Å². The molecule has 0 heterocycles. The van der Waals surface area contributed by atoms with E-state index in [4.69, 9.17) is 5.26 Å². The lowest BCUT2D eigenvalue weighted by atomic mass is 10.1. The summed E-state index contributed by atoms with van der Waals surface area (Å²) in [5.74, 6) is -0.377. The summed E-state index contributed by atoms with van der Waals surface area (Å²) in [7, 11) is 1.47. The molecule has 112 valence electrons. The zero-order valence-corrected chi connectivity index (χ0v) is 12.3. The lowest BCUT2D eigenvalue weighted by Crippen LogP contribution is -2.32. The Morgan fingerprint density at radius 3 is 2.67 bits per heavy atom. The molecule has 21 heavy (non-hydrogen) atoms. The molecule has 7 heteroatoms. The highest BCUT2D eigenvalue weighted by molar-refractivity contribution is 5.95. The van der Waals surface area contributed by atoms with E-state index >= 15 is 0 Å². The summed E-state index contributed by atoms with van der Waals surface area (Å²) in [5.41, 5.74) is 0.512. The maximum absolute atomic E-state index is 11.6. The molecular formula is C14H18N4O3. The summed E-state index contributed by atoms with van der Waals surface area (Å²) in [5, 5.41) is 22.4. The number of nitro groups is 1. The van der Waals surface area contributed by atoms with Crippen LogP contribution in [0.3, 0.4) is 0 Å². The van der Waals surface area contributed by atoms with Crippen LogP contribution in [0.2, 0.25) is 0 Å². The minimum Gasteiger partial charge on any atom is -0.363 e. The number of nitro benzene ring substituents is 1. The molecule has 0 fully saturated rings. The van der Waals surface area contributed by atoms with E-state index in [1.54, 1.807) is 17.0 Å². The molecular weight excluding hydrogens is 272 g/mol. The fourth-order valence-corrected chi connectivity index (χ4v) is 2.03. The Labute approximate surface area is 123 Å². The summed E-state index contributed by atoms with van der Waals surface area (Å²) in [6, 6.07) is 6.40. The van der Waals surface area contributed by atoms with E-state index in [1.807, 2.05) is 19.9 Å². The van der Waals surface area contributed by atoms with E-state index in [1.165, 1.54) is 13.1 Å². The maximum atomic E-state index is 11.6. The molecule has 0 atom stereocenters. The molecule has 1 aromatic carbocycles. The van der Waals surface area contributed by atoms with Crippen LogP contribution in [-0.4, -0.2) is 30.5 Å². The standard InChI is InChI=1S/C14H18N4O3/c1-10(2)17(8-4-7-15)12-6-5-11(14(19)16-3)9-13(12)18(20)21/h5-6,9-10H,4,8H2,1-3H3,(H,16,19). The van der Waals surface area contributed by atoms with E-state index in [0.29, 0.717) is 12.2 Å². The van der Waals surface area contributed by atoms with Gasteiger partial charge in [0, 0.05) is 31.3 Å². The van der Waals surface area contributed by atoms with E-state index in [-0.39, 0.29) is 29.6 Å². The van der Waals surface area contributed by atoms with Crippen LogP contribution in [0.4, 0.5) is 11.4 Å². The van der Waals surface area contributed by atoms with Gasteiger partial charge < -0.3 is 10.2 Å². The van der Waals surface area contributed by atoms with Crippen LogP contribution in [0.5, 0.6) is 0 Å². The third-order valence-electron chi connectivity index (χ3n) is 3.06. The highest BCUT2D eigenvalue weighted by Crippen LogP contribution is 2.30. The van der Waals surface area contributed by atoms with Crippen molar-refractivity contribution in [3.05, 3.63) is 33.9 Å². The lowest BCUT2D eigenvalue weighted by molar-refractivity contribution is -0.384. The molecule has 0 aliphatic heterocycles. The molecule has 1 aromatic rings. The zero-order valence-electron chi connectivity index (χ0n) is 12.3. The van der Waals surface area contributed by atoms with Crippen LogP contribution in [0.1, 0.15) is 30.6 Å². The first-order valence-corrected chi connectivity index (χ1v) is 6.56. The summed E-state index contributed by atoms with van der Waals surface area (Å²) in [6.07, 6.45) is 0.270. The Morgan fingerprint density at radius 2 is 2.19 bits per heavy atom. The molecule has 0 bridgehead atoms. The van der Waals surface area contributed by atoms with Crippen molar-refractivity contribution in [2.24, 2.45) is 0 Å². The third-order valence-corrected chi connectivity index (χ3v) is 3.06. The highest BCUT2D eigenvalue weighted by Gasteiger charge is 2.23. The highest BCUT2D eigenvalue weighted by atomic mass is 16.6. The van der Waals surface area contributed by atoms with Gasteiger partial charge in [0.05, 0.1) is 17.4 Å². The van der Waals surface area contributed by atoms with Gasteiger partial charge in [0.25, 0.3) is 11.6 Å². The second-order valence-electron chi connectivity index (χ2n) is 4.73. The fourth-order valence-electron chi connectivity index (χ4n) is 2.03. The van der Waals surface area contributed by atoms with Crippen molar-refractivity contribution in [3.63, 3.8) is 0 Å². The second kappa shape index (κ2) is 7.24. The molecule has 0 saturated carbocycles. The van der Waals surface area contributed by atoms with E-state index in [9.17, 15) is 14.9 Å². The molecule has 0 radical (unpaired) electrons. The minimum atomic E-state index is -0.510. The Balaban J connectivity index is 3.30. The number of hydrogen-bond donors (Lipinski definition) is 1. The first-order chi connectivity index (χ1) is 9.92. The lowest BCUT2D eigenvalue weighted by Gasteiger charge is -2.27. The summed E-state index contributed by atoms with van der Waals surface area (Å²) < 4.78 is 0. The zero-order chi connectivity index (χ0) is 16.0. The Hall–Kier alpha value is -2.62. The number of anilines is 1. The average Bonchev–Trinajstić information content (AvgIpc) is 2.46. The first kappa shape index (κ1) is 16.4. The molecule has 1 rings (SSSR count). The van der Waals surface area contributed by atoms with Crippen LogP contribution in [0, 0.1) is 21.4 Å². The maximum Gasteiger partial charge on any atom is 0.293 e. The van der Waals surface area contributed by atoms with E-state index in [0.717, 1.165) is 0 Å². The largest absolute Gasteiger partial charge is 0.363 e. The van der Waals surface area contributed by atoms with Crippen LogP contribution in [-0.2, 0) is 0 Å². The third kappa shape index (κ3) is 3.92. The van der Waals surface area contributed by atoms with Crippen molar-refractivity contribution in [1.82, 2.24) is 5.32 Å². The molecule has 1 N–H and O–H groups in total. The van der Waals surface area contributed by atoms with Gasteiger partial charge in [-0.2, -0.15) is 5.26 Å². The normalized spacial score (nSPS) is 10.0. The predicted octanol–water partition coefficient (Wildman–Crippen LogP) is 2.08. The molecule has 7 nitrogen and oxygen atoms in total. The first-order valence-electron chi connectivity index (χ1n) is 6.56. The molecule has 0 aliphatic rings. The van der Waals surface area contributed by atoms with Crippen molar-refractivity contribution in [1.29, 1.82) is 5.26 Å². The molecule has 0 aliphatic carbocycles. The van der Waals surface area contributed by atoms with Gasteiger partial charge in [-0.25, -0.2) is 0 Å². The number of amides is 1. The smallest absolute Gasteiger partial charge is 0.293 e. The number of carbonyl (C=O) groups excluding carboxylic acids is 1. The van der Waals surface area contributed by atoms with Crippen molar-refractivity contribution in [2.75, 3.05) is 18.5 Å². The van der Waals surface area contributed by atoms with Crippen LogP contribution >= 0.6 is 0 Å². The predicted molar refractivity (Wildman–Crippen MR) is 79.2 cm³/mol. The fraction of sp³-hybridized carbons (Fsp3) is 0.429. The van der Waals surface area contributed by atoms with E-state index in [2.05, 4.69) is 5.32 Å². The SMILES string of the molecule is CNC(=O)c1ccc(N(CCC#N)C(C)C)c([N+](=O)[O-])c1. The van der Waals surface area contributed by atoms with Crippen molar-refractivity contribution in [3.8, 4) is 6.07 Å². The minimum absolute atomic E-state index is 0.00269. The number of benzene rings is 1. The van der Waals surface area contributed by atoms with Crippen molar-refractivity contribution < 1.29 is 9.72 Å². The Morgan fingerprint density at radius 1 is 1.52 bits per heavy atom. The Bertz CT molecular complexity index is 578. The summed E-state index contributed by atoms with van der Waals surface area (Å²) >= 11 is 0. The van der Waals surface area contributed by atoms with Crippen LogP contribution in [0.15, 0.2) is 18.2 Å². The topological polar surface area (TPSA) is 99.3 Å². The van der Waals surface area contributed by atoms with Crippen LogP contribution < -0.4 is 10.2 Å². The van der Waals surface area contributed by atoms with Gasteiger partial charge in [0.1, 0.15) is 5.69 Å². The summed E-state index contributed by atoms with van der Waals surface area (Å²) in [6.45, 7) is 4.19. The quantitative estimate of drug-likeness (QED) is 0.638. The molecule has 0 aromatic heterocycles. The Kier molecular flexibility index (Phi) is 5.67. The molecule has 0 spiro atoms. The van der Waals surface area contributed by atoms with E-state index < -0.39 is 4.92 Å². The average molecular weight is 290 g/mol. The molecule has 1 amide bonds. The molecule has 0 saturated heterocycles. The number of carbonyl (C=O) groups is 1. The van der Waals surface area contributed by atoms with Gasteiger partial charge in [0.15, 0.2) is 0 Å². The monoisotopic (exact) mass is 290 g/mol. The van der Waals surface area contributed by atoms with Gasteiger partial charge >= 0.3 is 0 Å². The van der Waals surface area contributed by atoms with Gasteiger partial charge in [-0.1, -0.05) is 0 Å². The van der Waals surface area contributed by atoms with Gasteiger partial charge in [-0.3, -0.25) is 14.9 Å². The van der Waals surface area contributed by atoms with Gasteiger partial charge in [0.2, 0.25) is 0 Å². The second-order valence-corrected chi connectivity index (χ2v) is 4.73. The number of nitrogens with one attached hydrogen (secondary N) is 1. The number of nitrogens with zero attached hydrogens (tertiary/aromatic N) is 3. The number of rotatable bonds is 6. The van der Waals surface area contributed by atoms with Gasteiger partial charge in [-0.05, 0) is 26.0 Å². The van der Waals surface area contributed by atoms with Gasteiger partial charge in [-0.15, -0.1) is 0 Å². The molecule has 0 unspecified atom stereocenters. The van der Waals surface area contributed by atoms with Crippen molar-refractivity contribution in [2.45, 2.75) is 26.3 Å². The summed E-state index contributed by atoms with van der Waals surface area (Å²) in [4.78, 5) is 24.1. The number of hydrogen-bond acceptors (Lipinski definition) is 5. The number of nitriles is 1. The van der Waals surface area contributed by atoms with Crippen molar-refractivity contribution >= 4 is 17.3 Å².